The number of hydrogen-bond acceptors (Lipinski definition) is 2. The second-order valence-corrected chi connectivity index (χ2v) is 5.21. The molecule has 1 N–H and O–H groups in total. The Balaban J connectivity index is 2.67. The molecule has 104 valence electrons. The second-order valence-electron chi connectivity index (χ2n) is 5.21. The molecule has 0 amide bonds. The Morgan fingerprint density at radius 3 is 2.39 bits per heavy atom. The minimum Gasteiger partial charge on any atom is -0.317 e. The van der Waals surface area contributed by atoms with E-state index in [-0.39, 0.29) is 0 Å². The van der Waals surface area contributed by atoms with Crippen LogP contribution in [0.2, 0.25) is 0 Å². The highest BCUT2D eigenvalue weighted by Gasteiger charge is 2.16. The zero-order chi connectivity index (χ0) is 13.5. The third-order valence-electron chi connectivity index (χ3n) is 4.14. The van der Waals surface area contributed by atoms with Gasteiger partial charge in [-0.3, -0.25) is 4.68 Å². The van der Waals surface area contributed by atoms with E-state index >= 15 is 0 Å². The number of rotatable bonds is 8. The van der Waals surface area contributed by atoms with E-state index in [4.69, 9.17) is 5.10 Å². The van der Waals surface area contributed by atoms with E-state index in [2.05, 4.69) is 50.0 Å². The third kappa shape index (κ3) is 3.84. The summed E-state index contributed by atoms with van der Waals surface area (Å²) < 4.78 is 2.14. The molecule has 2 atom stereocenters. The van der Waals surface area contributed by atoms with E-state index < -0.39 is 0 Å². The van der Waals surface area contributed by atoms with Crippen molar-refractivity contribution in [3.8, 4) is 0 Å². The quantitative estimate of drug-likeness (QED) is 0.767. The molecule has 0 aliphatic heterocycles. The Morgan fingerprint density at radius 2 is 1.89 bits per heavy atom. The van der Waals surface area contributed by atoms with E-state index in [1.165, 1.54) is 12.1 Å². The van der Waals surface area contributed by atoms with Gasteiger partial charge < -0.3 is 5.32 Å². The lowest BCUT2D eigenvalue weighted by Crippen LogP contribution is -2.31. The van der Waals surface area contributed by atoms with Crippen molar-refractivity contribution in [3.63, 3.8) is 0 Å². The molecular formula is C15H29N3. The summed E-state index contributed by atoms with van der Waals surface area (Å²) >= 11 is 0. The fourth-order valence-corrected chi connectivity index (χ4v) is 2.53. The van der Waals surface area contributed by atoms with Gasteiger partial charge in [-0.05, 0) is 45.2 Å². The fourth-order valence-electron chi connectivity index (χ4n) is 2.53. The van der Waals surface area contributed by atoms with Crippen LogP contribution in [0.3, 0.4) is 0 Å². The number of hydrogen-bond donors (Lipinski definition) is 1. The molecule has 1 aromatic rings. The zero-order valence-corrected chi connectivity index (χ0v) is 12.6. The summed E-state index contributed by atoms with van der Waals surface area (Å²) in [6.45, 7) is 8.98. The van der Waals surface area contributed by atoms with E-state index in [9.17, 15) is 0 Å². The molecule has 0 aliphatic rings. The molecule has 2 unspecified atom stereocenters. The zero-order valence-electron chi connectivity index (χ0n) is 12.6. The predicted octanol–water partition coefficient (Wildman–Crippen LogP) is 3.42. The molecule has 0 aromatic carbocycles. The largest absolute Gasteiger partial charge is 0.317 e. The molecule has 1 heterocycles. The van der Waals surface area contributed by atoms with Gasteiger partial charge in [-0.25, -0.2) is 0 Å². The van der Waals surface area contributed by atoms with Crippen molar-refractivity contribution in [2.24, 2.45) is 5.92 Å². The second kappa shape index (κ2) is 7.57. The van der Waals surface area contributed by atoms with Gasteiger partial charge in [-0.1, -0.05) is 27.2 Å². The molecule has 0 saturated carbocycles. The van der Waals surface area contributed by atoms with Crippen LogP contribution < -0.4 is 5.32 Å². The highest BCUT2D eigenvalue weighted by atomic mass is 15.3. The first-order valence-corrected chi connectivity index (χ1v) is 7.37. The van der Waals surface area contributed by atoms with Gasteiger partial charge in [0.25, 0.3) is 0 Å². The highest BCUT2D eigenvalue weighted by molar-refractivity contribution is 5.02. The smallest absolute Gasteiger partial charge is 0.0628 e. The Hall–Kier alpha value is -0.830. The van der Waals surface area contributed by atoms with Gasteiger partial charge in [0.15, 0.2) is 0 Å². The van der Waals surface area contributed by atoms with Crippen molar-refractivity contribution in [1.29, 1.82) is 0 Å². The maximum absolute atomic E-state index is 4.75. The van der Waals surface area contributed by atoms with Gasteiger partial charge in [0.1, 0.15) is 0 Å². The van der Waals surface area contributed by atoms with Crippen molar-refractivity contribution in [2.45, 2.75) is 65.5 Å². The van der Waals surface area contributed by atoms with Gasteiger partial charge in [0.05, 0.1) is 11.7 Å². The summed E-state index contributed by atoms with van der Waals surface area (Å²) in [6.07, 6.45) is 6.72. The molecule has 1 rings (SSSR count). The SMILES string of the molecule is CCC(Cc1ccn(C(CC)CC)n1)C(C)NC. The minimum atomic E-state index is 0.549. The summed E-state index contributed by atoms with van der Waals surface area (Å²) in [5.41, 5.74) is 1.23. The number of nitrogens with one attached hydrogen (secondary N) is 1. The molecule has 1 aromatic heterocycles. The molecule has 0 radical (unpaired) electrons. The van der Waals surface area contributed by atoms with Crippen LogP contribution in [0.4, 0.5) is 0 Å². The molecule has 3 heteroatoms. The fraction of sp³-hybridized carbons (Fsp3) is 0.800. The van der Waals surface area contributed by atoms with Gasteiger partial charge in [0.2, 0.25) is 0 Å². The maximum atomic E-state index is 4.75. The first kappa shape index (κ1) is 15.2. The Labute approximate surface area is 112 Å². The average Bonchev–Trinajstić information content (AvgIpc) is 2.85. The summed E-state index contributed by atoms with van der Waals surface area (Å²) in [6, 6.07) is 3.29. The van der Waals surface area contributed by atoms with Crippen LogP contribution in [0.5, 0.6) is 0 Å². The first-order valence-electron chi connectivity index (χ1n) is 7.37. The van der Waals surface area contributed by atoms with E-state index in [1.54, 1.807) is 0 Å². The van der Waals surface area contributed by atoms with Crippen molar-refractivity contribution in [1.82, 2.24) is 15.1 Å². The molecule has 0 aliphatic carbocycles. The van der Waals surface area contributed by atoms with E-state index in [0.717, 1.165) is 19.3 Å². The molecule has 0 spiro atoms. The standard InChI is InChI=1S/C15H29N3/c1-6-13(12(4)16-5)11-14-9-10-18(17-14)15(7-2)8-3/h9-10,12-13,15-16H,6-8,11H2,1-5H3. The summed E-state index contributed by atoms with van der Waals surface area (Å²) in [4.78, 5) is 0. The first-order chi connectivity index (χ1) is 8.65. The van der Waals surface area contributed by atoms with Gasteiger partial charge in [0, 0.05) is 12.2 Å². The lowest BCUT2D eigenvalue weighted by Gasteiger charge is -2.21. The topological polar surface area (TPSA) is 29.9 Å². The monoisotopic (exact) mass is 251 g/mol. The Bertz CT molecular complexity index is 328. The summed E-state index contributed by atoms with van der Waals surface area (Å²) in [5, 5.41) is 8.10. The van der Waals surface area contributed by atoms with Gasteiger partial charge in [-0.15, -0.1) is 0 Å². The van der Waals surface area contributed by atoms with E-state index in [1.807, 2.05) is 7.05 Å². The van der Waals surface area contributed by atoms with Crippen LogP contribution in [-0.4, -0.2) is 22.9 Å². The Kier molecular flexibility index (Phi) is 6.41. The summed E-state index contributed by atoms with van der Waals surface area (Å²) in [5.74, 6) is 0.667. The molecule has 0 saturated heterocycles. The third-order valence-corrected chi connectivity index (χ3v) is 4.14. The van der Waals surface area contributed by atoms with E-state index in [0.29, 0.717) is 18.0 Å². The molecular weight excluding hydrogens is 222 g/mol. The van der Waals surface area contributed by atoms with Crippen molar-refractivity contribution in [3.05, 3.63) is 18.0 Å². The van der Waals surface area contributed by atoms with Gasteiger partial charge in [-0.2, -0.15) is 5.10 Å². The lowest BCUT2D eigenvalue weighted by molar-refractivity contribution is 0.372. The molecule has 0 bridgehead atoms. The van der Waals surface area contributed by atoms with Crippen LogP contribution >= 0.6 is 0 Å². The Morgan fingerprint density at radius 1 is 1.22 bits per heavy atom. The maximum Gasteiger partial charge on any atom is 0.0628 e. The normalized spacial score (nSPS) is 15.0. The van der Waals surface area contributed by atoms with Crippen LogP contribution in [-0.2, 0) is 6.42 Å². The molecule has 0 fully saturated rings. The van der Waals surface area contributed by atoms with Crippen molar-refractivity contribution >= 4 is 0 Å². The van der Waals surface area contributed by atoms with Crippen LogP contribution in [0.15, 0.2) is 12.3 Å². The number of aromatic nitrogens is 2. The molecule has 3 nitrogen and oxygen atoms in total. The number of nitrogens with zero attached hydrogens (tertiary/aromatic N) is 2. The van der Waals surface area contributed by atoms with Crippen molar-refractivity contribution < 1.29 is 0 Å². The predicted molar refractivity (Wildman–Crippen MR) is 77.9 cm³/mol. The van der Waals surface area contributed by atoms with Crippen LogP contribution in [0.1, 0.15) is 58.7 Å². The minimum absolute atomic E-state index is 0.549. The summed E-state index contributed by atoms with van der Waals surface area (Å²) in [7, 11) is 2.04. The lowest BCUT2D eigenvalue weighted by atomic mass is 9.93. The highest BCUT2D eigenvalue weighted by Crippen LogP contribution is 2.18. The van der Waals surface area contributed by atoms with Crippen LogP contribution in [0, 0.1) is 5.92 Å². The van der Waals surface area contributed by atoms with Crippen LogP contribution in [0.25, 0.3) is 0 Å². The average molecular weight is 251 g/mol. The van der Waals surface area contributed by atoms with Gasteiger partial charge >= 0.3 is 0 Å². The van der Waals surface area contributed by atoms with Crippen molar-refractivity contribution in [2.75, 3.05) is 7.05 Å². The molecule has 18 heavy (non-hydrogen) atoms.